The first-order valence-electron chi connectivity index (χ1n) is 11.8. The number of aromatic nitrogens is 2. The van der Waals surface area contributed by atoms with Gasteiger partial charge >= 0.3 is 6.01 Å². The van der Waals surface area contributed by atoms with E-state index >= 15 is 4.39 Å². The zero-order valence-corrected chi connectivity index (χ0v) is 21.1. The van der Waals surface area contributed by atoms with E-state index in [1.807, 2.05) is 6.07 Å². The highest BCUT2D eigenvalue weighted by Gasteiger charge is 2.52. The molecule has 1 fully saturated rings. The van der Waals surface area contributed by atoms with Crippen LogP contribution in [-0.4, -0.2) is 66.1 Å². The van der Waals surface area contributed by atoms with Gasteiger partial charge in [-0.15, -0.1) is 0 Å². The maximum absolute atomic E-state index is 15.1. The van der Waals surface area contributed by atoms with Gasteiger partial charge in [-0.1, -0.05) is 18.2 Å². The van der Waals surface area contributed by atoms with E-state index in [2.05, 4.69) is 21.9 Å². The van der Waals surface area contributed by atoms with Crippen LogP contribution in [0.3, 0.4) is 0 Å². The van der Waals surface area contributed by atoms with Gasteiger partial charge in [0.2, 0.25) is 0 Å². The van der Waals surface area contributed by atoms with Crippen molar-refractivity contribution in [3.05, 3.63) is 52.2 Å². The average molecular weight is 545 g/mol. The van der Waals surface area contributed by atoms with E-state index in [1.165, 1.54) is 24.1 Å². The highest BCUT2D eigenvalue weighted by Crippen LogP contribution is 2.46. The quantitative estimate of drug-likeness (QED) is 0.583. The number of methoxy groups -OCH3 is 1. The molecule has 1 aromatic heterocycles. The molecule has 2 aromatic rings. The van der Waals surface area contributed by atoms with Crippen LogP contribution in [0, 0.1) is 17.1 Å². The molecule has 3 aliphatic heterocycles. The number of hydrogen-bond donors (Lipinski definition) is 1. The fraction of sp³-hybridized carbons (Fsp3) is 0.400. The number of amides is 2. The standard InChI is InChI=1S/C25H23ClF2N6O4/c1-13(27)22(35)34-9-8-33(12-14(34)5-7-29)21-20-18(30-24(32-21)37-2)11-25(23(36)31-20)19-15(6-10-38-25)16(26)3-4-17(19)28/h3-4,14H,1,5-6,8-12H2,2H3,(H,31,36). The van der Waals surface area contributed by atoms with Gasteiger partial charge in [-0.05, 0) is 24.1 Å². The Kier molecular flexibility index (Phi) is 6.66. The molecule has 5 rings (SSSR count). The van der Waals surface area contributed by atoms with Crippen LogP contribution in [0.4, 0.5) is 20.3 Å². The first kappa shape index (κ1) is 25.8. The Morgan fingerprint density at radius 2 is 2.21 bits per heavy atom. The predicted molar refractivity (Wildman–Crippen MR) is 132 cm³/mol. The van der Waals surface area contributed by atoms with Gasteiger partial charge in [-0.3, -0.25) is 9.59 Å². The van der Waals surface area contributed by atoms with Crippen LogP contribution in [0.2, 0.25) is 5.02 Å². The molecule has 1 aromatic carbocycles. The number of fused-ring (bicyclic) bond motifs is 3. The lowest BCUT2D eigenvalue weighted by atomic mass is 9.79. The lowest BCUT2D eigenvalue weighted by Gasteiger charge is -2.43. The molecule has 2 unspecified atom stereocenters. The van der Waals surface area contributed by atoms with Gasteiger partial charge in [0.05, 0.1) is 37.9 Å². The van der Waals surface area contributed by atoms with Crippen LogP contribution in [0.1, 0.15) is 23.2 Å². The number of hydrogen-bond acceptors (Lipinski definition) is 8. The molecule has 0 aliphatic carbocycles. The molecule has 13 heteroatoms. The lowest BCUT2D eigenvalue weighted by Crippen LogP contribution is -2.56. The van der Waals surface area contributed by atoms with Crippen LogP contribution in [0.5, 0.6) is 6.01 Å². The summed E-state index contributed by atoms with van der Waals surface area (Å²) in [5, 5.41) is 12.5. The Balaban J connectivity index is 1.56. The van der Waals surface area contributed by atoms with Gasteiger partial charge in [0.25, 0.3) is 11.8 Å². The molecule has 4 heterocycles. The number of ether oxygens (including phenoxy) is 2. The van der Waals surface area contributed by atoms with E-state index < -0.39 is 35.1 Å². The molecule has 1 N–H and O–H groups in total. The zero-order valence-electron chi connectivity index (χ0n) is 20.4. The highest BCUT2D eigenvalue weighted by molar-refractivity contribution is 6.31. The summed E-state index contributed by atoms with van der Waals surface area (Å²) in [4.78, 5) is 37.8. The molecule has 0 radical (unpaired) electrons. The molecule has 3 aliphatic rings. The predicted octanol–water partition coefficient (Wildman–Crippen LogP) is 2.65. The number of piperazine rings is 1. The summed E-state index contributed by atoms with van der Waals surface area (Å²) in [7, 11) is 1.39. The van der Waals surface area contributed by atoms with Gasteiger partial charge < -0.3 is 24.6 Å². The molecule has 2 amide bonds. The fourth-order valence-corrected chi connectivity index (χ4v) is 5.57. The Hall–Kier alpha value is -3.82. The summed E-state index contributed by atoms with van der Waals surface area (Å²) < 4.78 is 40.0. The maximum Gasteiger partial charge on any atom is 0.318 e. The van der Waals surface area contributed by atoms with E-state index in [0.29, 0.717) is 28.5 Å². The molecular formula is C25H23ClF2N6O4. The zero-order chi connectivity index (χ0) is 27.2. The normalized spacial score (nSPS) is 22.3. The topological polar surface area (TPSA) is 121 Å². The number of rotatable bonds is 4. The summed E-state index contributed by atoms with van der Waals surface area (Å²) in [5.41, 5.74) is -0.475. The molecule has 38 heavy (non-hydrogen) atoms. The molecule has 10 nitrogen and oxygen atoms in total. The maximum atomic E-state index is 15.1. The third-order valence-corrected chi connectivity index (χ3v) is 7.41. The number of benzene rings is 1. The molecule has 1 saturated heterocycles. The van der Waals surface area contributed by atoms with Crippen molar-refractivity contribution in [3.63, 3.8) is 0 Å². The van der Waals surface area contributed by atoms with Crippen LogP contribution >= 0.6 is 11.6 Å². The van der Waals surface area contributed by atoms with Gasteiger partial charge in [-0.25, -0.2) is 8.78 Å². The van der Waals surface area contributed by atoms with Crippen molar-refractivity contribution in [1.29, 1.82) is 5.26 Å². The minimum atomic E-state index is -1.69. The monoisotopic (exact) mass is 544 g/mol. The number of halogens is 3. The Labute approximate surface area is 221 Å². The molecule has 0 bridgehead atoms. The molecule has 1 spiro atoms. The number of nitriles is 1. The molecule has 0 saturated carbocycles. The summed E-state index contributed by atoms with van der Waals surface area (Å²) in [6.07, 6.45) is 0.187. The highest BCUT2D eigenvalue weighted by atomic mass is 35.5. The van der Waals surface area contributed by atoms with E-state index in [0.717, 1.165) is 0 Å². The molecular weight excluding hydrogens is 522 g/mol. The van der Waals surface area contributed by atoms with Crippen molar-refractivity contribution >= 4 is 34.9 Å². The fourth-order valence-electron chi connectivity index (χ4n) is 5.32. The second kappa shape index (κ2) is 9.81. The summed E-state index contributed by atoms with van der Waals surface area (Å²) >= 11 is 6.35. The Morgan fingerprint density at radius 3 is 2.92 bits per heavy atom. The SMILES string of the molecule is C=C(F)C(=O)N1CCN(c2nc(OC)nc3c2NC(=O)C2(C3)OCCc3c(Cl)ccc(F)c32)CC1CC#N. The second-order valence-electron chi connectivity index (χ2n) is 9.16. The first-order chi connectivity index (χ1) is 18.2. The van der Waals surface area contributed by atoms with Crippen molar-refractivity contribution in [2.75, 3.05) is 43.6 Å². The number of nitrogens with zero attached hydrogens (tertiary/aromatic N) is 5. The summed E-state index contributed by atoms with van der Waals surface area (Å²) in [5.74, 6) is -2.90. The summed E-state index contributed by atoms with van der Waals surface area (Å²) in [6, 6.07) is 4.02. The summed E-state index contributed by atoms with van der Waals surface area (Å²) in [6.45, 7) is 3.67. The van der Waals surface area contributed by atoms with E-state index in [1.54, 1.807) is 4.90 Å². The average Bonchev–Trinajstić information content (AvgIpc) is 2.90. The van der Waals surface area contributed by atoms with Crippen molar-refractivity contribution < 1.29 is 27.8 Å². The molecule has 198 valence electrons. The Bertz CT molecular complexity index is 1400. The van der Waals surface area contributed by atoms with Gasteiger partial charge in [0.15, 0.2) is 17.2 Å². The van der Waals surface area contributed by atoms with Gasteiger partial charge in [0, 0.05) is 36.6 Å². The van der Waals surface area contributed by atoms with Gasteiger partial charge in [0.1, 0.15) is 11.5 Å². The number of nitrogens with one attached hydrogen (secondary N) is 1. The number of carbonyl (C=O) groups is 2. The minimum Gasteiger partial charge on any atom is -0.467 e. The Morgan fingerprint density at radius 1 is 1.42 bits per heavy atom. The lowest BCUT2D eigenvalue weighted by molar-refractivity contribution is -0.146. The van der Waals surface area contributed by atoms with E-state index in [-0.39, 0.29) is 56.3 Å². The third-order valence-electron chi connectivity index (χ3n) is 7.06. The van der Waals surface area contributed by atoms with E-state index in [9.17, 15) is 19.2 Å². The van der Waals surface area contributed by atoms with Crippen LogP contribution < -0.4 is 15.0 Å². The third kappa shape index (κ3) is 4.12. The number of carbonyl (C=O) groups excluding carboxylic acids is 2. The van der Waals surface area contributed by atoms with Crippen molar-refractivity contribution in [3.8, 4) is 12.1 Å². The largest absolute Gasteiger partial charge is 0.467 e. The smallest absolute Gasteiger partial charge is 0.318 e. The second-order valence-corrected chi connectivity index (χ2v) is 9.57. The van der Waals surface area contributed by atoms with Crippen molar-refractivity contribution in [2.24, 2.45) is 0 Å². The van der Waals surface area contributed by atoms with Crippen molar-refractivity contribution in [1.82, 2.24) is 14.9 Å². The van der Waals surface area contributed by atoms with Crippen LogP contribution in [0.25, 0.3) is 0 Å². The van der Waals surface area contributed by atoms with Gasteiger partial charge in [-0.2, -0.15) is 15.2 Å². The number of anilines is 2. The van der Waals surface area contributed by atoms with Crippen LogP contribution in [-0.2, 0) is 32.8 Å². The molecule has 2 atom stereocenters. The van der Waals surface area contributed by atoms with Crippen molar-refractivity contribution in [2.45, 2.75) is 30.9 Å². The first-order valence-corrected chi connectivity index (χ1v) is 12.2. The van der Waals surface area contributed by atoms with E-state index in [4.69, 9.17) is 21.1 Å². The minimum absolute atomic E-state index is 0.000114. The van der Waals surface area contributed by atoms with Crippen LogP contribution in [0.15, 0.2) is 24.5 Å².